The summed E-state index contributed by atoms with van der Waals surface area (Å²) in [6.07, 6.45) is 0. The number of aryl methyl sites for hydroxylation is 2. The monoisotopic (exact) mass is 394 g/mol. The molecule has 4 rings (SSSR count). The van der Waals surface area contributed by atoms with Gasteiger partial charge in [0.2, 0.25) is 0 Å². The van der Waals surface area contributed by atoms with Crippen molar-refractivity contribution in [2.45, 2.75) is 20.8 Å². The summed E-state index contributed by atoms with van der Waals surface area (Å²) in [4.78, 5) is 29.4. The number of nitrogens with one attached hydrogen (secondary N) is 1. The van der Waals surface area contributed by atoms with Crippen molar-refractivity contribution < 1.29 is 9.59 Å². The number of ketones is 1. The smallest absolute Gasteiger partial charge is 0.256 e. The first kappa shape index (κ1) is 19.5. The lowest BCUT2D eigenvalue weighted by atomic mass is 10.0. The molecule has 1 aromatic heterocycles. The molecule has 4 aromatic rings. The maximum Gasteiger partial charge on any atom is 0.256 e. The van der Waals surface area contributed by atoms with Gasteiger partial charge in [0.05, 0.1) is 16.8 Å². The van der Waals surface area contributed by atoms with Crippen LogP contribution in [0.4, 0.5) is 5.69 Å². The first-order valence-electron chi connectivity index (χ1n) is 9.82. The molecule has 0 fully saturated rings. The highest BCUT2D eigenvalue weighted by molar-refractivity contribution is 6.13. The van der Waals surface area contributed by atoms with Crippen LogP contribution in [0, 0.1) is 13.8 Å². The molecule has 1 amide bonds. The number of hydrogen-bond donors (Lipinski definition) is 1. The van der Waals surface area contributed by atoms with Crippen molar-refractivity contribution in [3.8, 4) is 11.3 Å². The van der Waals surface area contributed by atoms with E-state index in [1.807, 2.05) is 36.4 Å². The number of carbonyl (C=O) groups is 2. The molecule has 0 saturated heterocycles. The van der Waals surface area contributed by atoms with Gasteiger partial charge in [-0.15, -0.1) is 0 Å². The molecule has 0 saturated carbocycles. The zero-order valence-corrected chi connectivity index (χ0v) is 17.2. The van der Waals surface area contributed by atoms with Crippen LogP contribution in [0.2, 0.25) is 0 Å². The van der Waals surface area contributed by atoms with E-state index in [4.69, 9.17) is 4.98 Å². The average molecular weight is 394 g/mol. The lowest BCUT2D eigenvalue weighted by Crippen LogP contribution is -2.13. The third-order valence-corrected chi connectivity index (χ3v) is 5.31. The Balaban J connectivity index is 1.75. The average Bonchev–Trinajstić information content (AvgIpc) is 2.75. The van der Waals surface area contributed by atoms with Crippen molar-refractivity contribution >= 4 is 28.3 Å². The molecule has 0 aliphatic rings. The molecular formula is C26H22N2O2. The molecule has 4 nitrogen and oxygen atoms in total. The minimum Gasteiger partial charge on any atom is -0.322 e. The van der Waals surface area contributed by atoms with E-state index in [1.54, 1.807) is 24.3 Å². The number of para-hydroxylation sites is 1. The maximum absolute atomic E-state index is 13.1. The molecule has 148 valence electrons. The molecule has 0 atom stereocenters. The van der Waals surface area contributed by atoms with Gasteiger partial charge in [-0.2, -0.15) is 0 Å². The molecule has 1 heterocycles. The minimum atomic E-state index is -0.214. The summed E-state index contributed by atoms with van der Waals surface area (Å²) >= 11 is 0. The summed E-state index contributed by atoms with van der Waals surface area (Å²) in [6.45, 7) is 5.66. The van der Waals surface area contributed by atoms with Crippen LogP contribution >= 0.6 is 0 Å². The Morgan fingerprint density at radius 2 is 1.57 bits per heavy atom. The molecule has 1 N–H and O–H groups in total. The van der Waals surface area contributed by atoms with Gasteiger partial charge in [-0.1, -0.05) is 30.3 Å². The third-order valence-electron chi connectivity index (χ3n) is 5.31. The van der Waals surface area contributed by atoms with Crippen LogP contribution in [0.3, 0.4) is 0 Å². The zero-order chi connectivity index (χ0) is 21.3. The molecule has 0 radical (unpaired) electrons. The number of amides is 1. The highest BCUT2D eigenvalue weighted by atomic mass is 16.1. The third kappa shape index (κ3) is 3.85. The van der Waals surface area contributed by atoms with Crippen LogP contribution in [0.25, 0.3) is 22.2 Å². The number of benzene rings is 3. The minimum absolute atomic E-state index is 0.00830. The molecule has 0 bridgehead atoms. The summed E-state index contributed by atoms with van der Waals surface area (Å²) in [5.41, 5.74) is 6.70. The number of anilines is 1. The molecule has 0 unspecified atom stereocenters. The standard InChI is InChI=1S/C26H22N2O2/c1-16-8-9-20(14-17(16)2)25-15-23(22-6-4-5-7-24(22)28-25)26(30)27-21-12-10-19(11-13-21)18(3)29/h4-15H,1-3H3,(H,27,30). The van der Waals surface area contributed by atoms with Gasteiger partial charge in [0, 0.05) is 22.2 Å². The number of fused-ring (bicyclic) bond motifs is 1. The van der Waals surface area contributed by atoms with Gasteiger partial charge >= 0.3 is 0 Å². The quantitative estimate of drug-likeness (QED) is 0.434. The fraction of sp³-hybridized carbons (Fsp3) is 0.115. The number of rotatable bonds is 4. The van der Waals surface area contributed by atoms with Gasteiger partial charge in [-0.3, -0.25) is 9.59 Å². The molecule has 3 aromatic carbocycles. The van der Waals surface area contributed by atoms with E-state index >= 15 is 0 Å². The van der Waals surface area contributed by atoms with Crippen LogP contribution in [0.5, 0.6) is 0 Å². The van der Waals surface area contributed by atoms with Gasteiger partial charge < -0.3 is 5.32 Å². The topological polar surface area (TPSA) is 59.1 Å². The van der Waals surface area contributed by atoms with Gasteiger partial charge in [0.1, 0.15) is 0 Å². The van der Waals surface area contributed by atoms with Crippen molar-refractivity contribution in [1.82, 2.24) is 4.98 Å². The van der Waals surface area contributed by atoms with E-state index in [-0.39, 0.29) is 11.7 Å². The number of Topliss-reactive ketones (excluding diaryl/α,β-unsaturated/α-hetero) is 1. The predicted molar refractivity (Wildman–Crippen MR) is 121 cm³/mol. The Kier molecular flexibility index (Phi) is 5.15. The normalized spacial score (nSPS) is 10.8. The summed E-state index contributed by atoms with van der Waals surface area (Å²) in [5, 5.41) is 3.73. The lowest BCUT2D eigenvalue weighted by Gasteiger charge is -2.12. The number of pyridine rings is 1. The Bertz CT molecular complexity index is 1270. The molecule has 30 heavy (non-hydrogen) atoms. The number of aromatic nitrogens is 1. The largest absolute Gasteiger partial charge is 0.322 e. The summed E-state index contributed by atoms with van der Waals surface area (Å²) in [7, 11) is 0. The molecule has 0 spiro atoms. The van der Waals surface area contributed by atoms with Gasteiger partial charge in [-0.25, -0.2) is 4.98 Å². The van der Waals surface area contributed by atoms with Crippen molar-refractivity contribution in [2.24, 2.45) is 0 Å². The Labute approximate surface area is 175 Å². The Hall–Kier alpha value is -3.79. The van der Waals surface area contributed by atoms with Crippen molar-refractivity contribution in [1.29, 1.82) is 0 Å². The van der Waals surface area contributed by atoms with E-state index < -0.39 is 0 Å². The summed E-state index contributed by atoms with van der Waals surface area (Å²) in [5.74, 6) is -0.222. The highest BCUT2D eigenvalue weighted by Crippen LogP contribution is 2.27. The van der Waals surface area contributed by atoms with E-state index in [0.29, 0.717) is 16.8 Å². The molecule has 0 aliphatic heterocycles. The summed E-state index contributed by atoms with van der Waals surface area (Å²) < 4.78 is 0. The van der Waals surface area contributed by atoms with E-state index in [0.717, 1.165) is 22.2 Å². The summed E-state index contributed by atoms with van der Waals surface area (Å²) in [6, 6.07) is 22.6. The number of carbonyl (C=O) groups excluding carboxylic acids is 2. The molecule has 4 heteroatoms. The van der Waals surface area contributed by atoms with E-state index in [1.165, 1.54) is 18.1 Å². The van der Waals surface area contributed by atoms with Crippen LogP contribution in [0.15, 0.2) is 72.8 Å². The van der Waals surface area contributed by atoms with Crippen LogP contribution < -0.4 is 5.32 Å². The van der Waals surface area contributed by atoms with Crippen molar-refractivity contribution in [2.75, 3.05) is 5.32 Å². The van der Waals surface area contributed by atoms with Gasteiger partial charge in [-0.05, 0) is 74.4 Å². The number of nitrogens with zero attached hydrogens (tertiary/aromatic N) is 1. The second-order valence-corrected chi connectivity index (χ2v) is 7.46. The van der Waals surface area contributed by atoms with Crippen LogP contribution in [0.1, 0.15) is 38.8 Å². The lowest BCUT2D eigenvalue weighted by molar-refractivity contribution is 0.101. The van der Waals surface area contributed by atoms with E-state index in [9.17, 15) is 9.59 Å². The zero-order valence-electron chi connectivity index (χ0n) is 17.2. The Morgan fingerprint density at radius 1 is 0.833 bits per heavy atom. The molecular weight excluding hydrogens is 372 g/mol. The second kappa shape index (κ2) is 7.91. The van der Waals surface area contributed by atoms with Crippen molar-refractivity contribution in [3.63, 3.8) is 0 Å². The SMILES string of the molecule is CC(=O)c1ccc(NC(=O)c2cc(-c3ccc(C)c(C)c3)nc3ccccc23)cc1. The number of hydrogen-bond acceptors (Lipinski definition) is 3. The van der Waals surface area contributed by atoms with Gasteiger partial charge in [0.15, 0.2) is 5.78 Å². The molecule has 0 aliphatic carbocycles. The Morgan fingerprint density at radius 3 is 2.27 bits per heavy atom. The first-order chi connectivity index (χ1) is 14.4. The van der Waals surface area contributed by atoms with Crippen LogP contribution in [-0.2, 0) is 0 Å². The highest BCUT2D eigenvalue weighted by Gasteiger charge is 2.15. The first-order valence-corrected chi connectivity index (χ1v) is 9.82. The fourth-order valence-electron chi connectivity index (χ4n) is 3.40. The van der Waals surface area contributed by atoms with Crippen LogP contribution in [-0.4, -0.2) is 16.7 Å². The van der Waals surface area contributed by atoms with Gasteiger partial charge in [0.25, 0.3) is 5.91 Å². The van der Waals surface area contributed by atoms with Crippen molar-refractivity contribution in [3.05, 3.63) is 95.1 Å². The maximum atomic E-state index is 13.1. The second-order valence-electron chi connectivity index (χ2n) is 7.46. The predicted octanol–water partition coefficient (Wildman–Crippen LogP) is 5.97. The van der Waals surface area contributed by atoms with E-state index in [2.05, 4.69) is 31.3 Å². The fourth-order valence-corrected chi connectivity index (χ4v) is 3.40.